The van der Waals surface area contributed by atoms with Gasteiger partial charge >= 0.3 is 0 Å². The summed E-state index contributed by atoms with van der Waals surface area (Å²) in [4.78, 5) is 0.0628. The van der Waals surface area contributed by atoms with Crippen molar-refractivity contribution in [2.24, 2.45) is 5.10 Å². The number of hydrogen-bond donors (Lipinski definition) is 1. The summed E-state index contributed by atoms with van der Waals surface area (Å²) in [7, 11) is -7.37. The van der Waals surface area contributed by atoms with Crippen LogP contribution in [-0.4, -0.2) is 32.7 Å². The molecule has 3 aromatic rings. The van der Waals surface area contributed by atoms with Gasteiger partial charge in [-0.3, -0.25) is 4.72 Å². The topological polar surface area (TPSA) is 109 Å². The van der Waals surface area contributed by atoms with Crippen LogP contribution in [0.5, 0.6) is 0 Å². The minimum Gasteiger partial charge on any atom is -0.467 e. The highest BCUT2D eigenvalue weighted by Gasteiger charge is 2.39. The first kappa shape index (κ1) is 22.4. The number of benzene rings is 2. The van der Waals surface area contributed by atoms with Gasteiger partial charge in [-0.15, -0.1) is 0 Å². The molecule has 8 nitrogen and oxygen atoms in total. The SMILES string of the molecule is CCS(=O)(=O)Nc1ccc(C2=NN(S(=O)(=O)c3ccc(Cl)cc3)C(c3ccco3)C2)cc1. The second-order valence-corrected chi connectivity index (χ2v) is 11.3. The highest BCUT2D eigenvalue weighted by molar-refractivity contribution is 7.92. The second-order valence-electron chi connectivity index (χ2n) is 7.10. The van der Waals surface area contributed by atoms with Crippen LogP contribution in [0.25, 0.3) is 0 Å². The van der Waals surface area contributed by atoms with Gasteiger partial charge in [-0.25, -0.2) is 8.42 Å². The van der Waals surface area contributed by atoms with Crippen molar-refractivity contribution >= 4 is 43.0 Å². The Bertz CT molecular complexity index is 1340. The maximum absolute atomic E-state index is 13.3. The van der Waals surface area contributed by atoms with Crippen LogP contribution in [0.3, 0.4) is 0 Å². The van der Waals surface area contributed by atoms with Crippen LogP contribution < -0.4 is 4.72 Å². The highest BCUT2D eigenvalue weighted by Crippen LogP contribution is 2.37. The lowest BCUT2D eigenvalue weighted by atomic mass is 10.0. The summed E-state index contributed by atoms with van der Waals surface area (Å²) in [5.74, 6) is 0.428. The fourth-order valence-electron chi connectivity index (χ4n) is 3.27. The van der Waals surface area contributed by atoms with Crippen molar-refractivity contribution in [2.75, 3.05) is 10.5 Å². The Kier molecular flexibility index (Phi) is 6.02. The van der Waals surface area contributed by atoms with Gasteiger partial charge in [-0.05, 0) is 61.0 Å². The molecule has 1 N–H and O–H groups in total. The first-order valence-electron chi connectivity index (χ1n) is 9.71. The summed E-state index contributed by atoms with van der Waals surface area (Å²) in [6.07, 6.45) is 1.77. The molecule has 0 radical (unpaired) electrons. The number of halogens is 1. The van der Waals surface area contributed by atoms with Crippen molar-refractivity contribution in [1.29, 1.82) is 0 Å². The number of nitrogens with one attached hydrogen (secondary N) is 1. The summed E-state index contributed by atoms with van der Waals surface area (Å²) in [5, 5.41) is 4.84. The normalized spacial score (nSPS) is 16.8. The zero-order valence-electron chi connectivity index (χ0n) is 17.0. The molecule has 2 aromatic carbocycles. The average molecular weight is 494 g/mol. The first-order chi connectivity index (χ1) is 15.2. The molecule has 11 heteroatoms. The van der Waals surface area contributed by atoms with E-state index in [-0.39, 0.29) is 10.6 Å². The number of nitrogens with zero attached hydrogens (tertiary/aromatic N) is 2. The predicted molar refractivity (Wildman–Crippen MR) is 123 cm³/mol. The monoisotopic (exact) mass is 493 g/mol. The van der Waals surface area contributed by atoms with E-state index < -0.39 is 26.1 Å². The molecule has 1 aliphatic heterocycles. The number of hydrogen-bond acceptors (Lipinski definition) is 6. The maximum atomic E-state index is 13.3. The minimum atomic E-state index is -3.97. The quantitative estimate of drug-likeness (QED) is 0.529. The van der Waals surface area contributed by atoms with Gasteiger partial charge in [0, 0.05) is 17.1 Å². The minimum absolute atomic E-state index is 0.0379. The third kappa shape index (κ3) is 4.52. The van der Waals surface area contributed by atoms with Gasteiger partial charge < -0.3 is 4.42 Å². The summed E-state index contributed by atoms with van der Waals surface area (Å²) in [6.45, 7) is 1.55. The van der Waals surface area contributed by atoms with E-state index in [0.717, 1.165) is 4.41 Å². The Hall–Kier alpha value is -2.82. The van der Waals surface area contributed by atoms with Crippen LogP contribution in [0, 0.1) is 0 Å². The van der Waals surface area contributed by atoms with Crippen LogP contribution >= 0.6 is 11.6 Å². The van der Waals surface area contributed by atoms with Gasteiger partial charge in [0.15, 0.2) is 0 Å². The number of rotatable bonds is 7. The van der Waals surface area contributed by atoms with Crippen LogP contribution in [0.1, 0.15) is 30.7 Å². The van der Waals surface area contributed by atoms with Crippen LogP contribution in [-0.2, 0) is 20.0 Å². The van der Waals surface area contributed by atoms with Gasteiger partial charge in [-0.2, -0.15) is 17.9 Å². The summed E-state index contributed by atoms with van der Waals surface area (Å²) >= 11 is 5.90. The van der Waals surface area contributed by atoms with E-state index in [9.17, 15) is 16.8 Å². The molecule has 0 spiro atoms. The van der Waals surface area contributed by atoms with E-state index in [4.69, 9.17) is 16.0 Å². The Morgan fingerprint density at radius 3 is 2.34 bits per heavy atom. The van der Waals surface area contributed by atoms with Gasteiger partial charge in [0.05, 0.1) is 22.6 Å². The lowest BCUT2D eigenvalue weighted by Crippen LogP contribution is -2.27. The van der Waals surface area contributed by atoms with Gasteiger partial charge in [-0.1, -0.05) is 23.7 Å². The maximum Gasteiger partial charge on any atom is 0.279 e. The van der Waals surface area contributed by atoms with E-state index in [2.05, 4.69) is 9.82 Å². The fourth-order valence-corrected chi connectivity index (χ4v) is 5.46. The van der Waals surface area contributed by atoms with Gasteiger partial charge in [0.2, 0.25) is 10.0 Å². The molecule has 0 saturated heterocycles. The molecular formula is C21H20ClN3O5S2. The molecule has 0 fully saturated rings. The highest BCUT2D eigenvalue weighted by atomic mass is 35.5. The van der Waals surface area contributed by atoms with E-state index in [1.54, 1.807) is 43.3 Å². The zero-order valence-corrected chi connectivity index (χ0v) is 19.4. The molecule has 1 aliphatic rings. The van der Waals surface area contributed by atoms with Crippen LogP contribution in [0.4, 0.5) is 5.69 Å². The molecule has 1 unspecified atom stereocenters. The number of hydrazone groups is 1. The molecule has 0 amide bonds. The fraction of sp³-hybridized carbons (Fsp3) is 0.190. The molecular weight excluding hydrogens is 474 g/mol. The Balaban J connectivity index is 1.69. The largest absolute Gasteiger partial charge is 0.467 e. The van der Waals surface area contributed by atoms with Crippen LogP contribution in [0.2, 0.25) is 5.02 Å². The Morgan fingerprint density at radius 1 is 1.06 bits per heavy atom. The predicted octanol–water partition coefficient (Wildman–Crippen LogP) is 4.23. The van der Waals surface area contributed by atoms with Crippen molar-refractivity contribution in [1.82, 2.24) is 4.41 Å². The Morgan fingerprint density at radius 2 is 1.75 bits per heavy atom. The van der Waals surface area contributed by atoms with Crippen molar-refractivity contribution in [3.63, 3.8) is 0 Å². The molecule has 2 heterocycles. The first-order valence-corrected chi connectivity index (χ1v) is 13.2. The molecule has 0 saturated carbocycles. The Labute approximate surface area is 191 Å². The molecule has 1 atom stereocenters. The van der Waals surface area contributed by atoms with E-state index >= 15 is 0 Å². The molecule has 1 aromatic heterocycles. The number of anilines is 1. The number of sulfonamides is 2. The lowest BCUT2D eigenvalue weighted by molar-refractivity contribution is 0.320. The van der Waals surface area contributed by atoms with Crippen LogP contribution in [0.15, 0.2) is 81.3 Å². The van der Waals surface area contributed by atoms with E-state index in [1.165, 1.54) is 30.5 Å². The third-order valence-corrected chi connectivity index (χ3v) is 8.23. The average Bonchev–Trinajstić information content (AvgIpc) is 3.45. The molecule has 4 rings (SSSR count). The second kappa shape index (κ2) is 8.61. The molecule has 0 aliphatic carbocycles. The van der Waals surface area contributed by atoms with Crippen molar-refractivity contribution in [3.05, 3.63) is 83.3 Å². The molecule has 0 bridgehead atoms. The molecule has 168 valence electrons. The smallest absolute Gasteiger partial charge is 0.279 e. The van der Waals surface area contributed by atoms with Gasteiger partial charge in [0.1, 0.15) is 11.8 Å². The molecule has 32 heavy (non-hydrogen) atoms. The summed E-state index contributed by atoms with van der Waals surface area (Å²) in [6, 6.07) is 15.2. The van der Waals surface area contributed by atoms with Crippen molar-refractivity contribution in [2.45, 2.75) is 24.3 Å². The van der Waals surface area contributed by atoms with Crippen molar-refractivity contribution < 1.29 is 21.3 Å². The lowest BCUT2D eigenvalue weighted by Gasteiger charge is -2.21. The summed E-state index contributed by atoms with van der Waals surface area (Å²) < 4.78 is 59.2. The van der Waals surface area contributed by atoms with E-state index in [1.807, 2.05) is 0 Å². The van der Waals surface area contributed by atoms with Gasteiger partial charge in [0.25, 0.3) is 10.0 Å². The summed E-state index contributed by atoms with van der Waals surface area (Å²) in [5.41, 5.74) is 1.63. The number of furan rings is 1. The standard InChI is InChI=1S/C21H20ClN3O5S2/c1-2-31(26,27)24-17-9-5-15(6-10-17)19-14-20(21-4-3-13-30-21)25(23-19)32(28,29)18-11-7-16(22)8-12-18/h3-13,20,24H,2,14H2,1H3. The zero-order chi connectivity index (χ0) is 22.9. The third-order valence-electron chi connectivity index (χ3n) is 4.97. The van der Waals surface area contributed by atoms with E-state index in [0.29, 0.717) is 34.2 Å². The van der Waals surface area contributed by atoms with Crippen molar-refractivity contribution in [3.8, 4) is 0 Å².